The zero-order valence-corrected chi connectivity index (χ0v) is 12.2. The van der Waals surface area contributed by atoms with Crippen molar-refractivity contribution in [1.29, 1.82) is 0 Å². The molecule has 114 valence electrons. The number of carbonyl (C=O) groups is 3. The maximum atomic E-state index is 12.0. The van der Waals surface area contributed by atoms with Crippen LogP contribution in [0, 0.1) is 0 Å². The van der Waals surface area contributed by atoms with Crippen molar-refractivity contribution in [3.05, 3.63) is 24.3 Å². The van der Waals surface area contributed by atoms with E-state index in [1.807, 2.05) is 0 Å². The van der Waals surface area contributed by atoms with Gasteiger partial charge in [0.25, 0.3) is 0 Å². The molecule has 7 heteroatoms. The number of urea groups is 1. The SMILES string of the molecule is CCC(C(=O)O)N(C)C(=O)Nc1ccc(NC(C)=O)cc1. The second-order valence-electron chi connectivity index (χ2n) is 4.56. The second-order valence-corrected chi connectivity index (χ2v) is 4.56. The molecule has 0 heterocycles. The molecule has 0 bridgehead atoms. The lowest BCUT2D eigenvalue weighted by atomic mass is 10.2. The molecular formula is C14H19N3O4. The number of carbonyl (C=O) groups excluding carboxylic acids is 2. The van der Waals surface area contributed by atoms with Crippen molar-refractivity contribution >= 4 is 29.3 Å². The number of carboxylic acids is 1. The quantitative estimate of drug-likeness (QED) is 0.773. The Kier molecular flexibility index (Phi) is 5.71. The molecule has 0 spiro atoms. The monoisotopic (exact) mass is 293 g/mol. The van der Waals surface area contributed by atoms with Crippen molar-refractivity contribution in [2.24, 2.45) is 0 Å². The first-order valence-electron chi connectivity index (χ1n) is 6.49. The molecule has 0 aromatic heterocycles. The van der Waals surface area contributed by atoms with Crippen LogP contribution in [0.2, 0.25) is 0 Å². The van der Waals surface area contributed by atoms with Gasteiger partial charge in [0, 0.05) is 25.3 Å². The number of aliphatic carboxylic acids is 1. The topological polar surface area (TPSA) is 98.7 Å². The molecule has 1 unspecified atom stereocenters. The fourth-order valence-corrected chi connectivity index (χ4v) is 1.81. The van der Waals surface area contributed by atoms with Crippen molar-refractivity contribution in [3.8, 4) is 0 Å². The highest BCUT2D eigenvalue weighted by Crippen LogP contribution is 2.14. The molecule has 0 aliphatic rings. The third-order valence-corrected chi connectivity index (χ3v) is 2.92. The number of benzene rings is 1. The Morgan fingerprint density at radius 3 is 2.00 bits per heavy atom. The summed E-state index contributed by atoms with van der Waals surface area (Å²) in [6.07, 6.45) is 0.320. The Bertz CT molecular complexity index is 528. The smallest absolute Gasteiger partial charge is 0.326 e. The number of nitrogens with zero attached hydrogens (tertiary/aromatic N) is 1. The molecule has 0 saturated heterocycles. The largest absolute Gasteiger partial charge is 0.480 e. The van der Waals surface area contributed by atoms with Crippen molar-refractivity contribution in [3.63, 3.8) is 0 Å². The van der Waals surface area contributed by atoms with E-state index >= 15 is 0 Å². The minimum Gasteiger partial charge on any atom is -0.480 e. The highest BCUT2D eigenvalue weighted by Gasteiger charge is 2.24. The molecular weight excluding hydrogens is 274 g/mol. The summed E-state index contributed by atoms with van der Waals surface area (Å²) in [4.78, 5) is 35.0. The molecule has 1 rings (SSSR count). The molecule has 1 atom stereocenters. The lowest BCUT2D eigenvalue weighted by molar-refractivity contribution is -0.141. The van der Waals surface area contributed by atoms with Crippen LogP contribution in [0.5, 0.6) is 0 Å². The highest BCUT2D eigenvalue weighted by molar-refractivity contribution is 5.93. The van der Waals surface area contributed by atoms with Crippen molar-refractivity contribution in [2.45, 2.75) is 26.3 Å². The molecule has 0 fully saturated rings. The fourth-order valence-electron chi connectivity index (χ4n) is 1.81. The van der Waals surface area contributed by atoms with Crippen LogP contribution in [-0.4, -0.2) is 41.0 Å². The van der Waals surface area contributed by atoms with Crippen LogP contribution < -0.4 is 10.6 Å². The number of carboxylic acid groups (broad SMARTS) is 1. The Balaban J connectivity index is 2.70. The summed E-state index contributed by atoms with van der Waals surface area (Å²) < 4.78 is 0. The number of amides is 3. The molecule has 7 nitrogen and oxygen atoms in total. The van der Waals surface area contributed by atoms with Crippen LogP contribution in [0.25, 0.3) is 0 Å². The van der Waals surface area contributed by atoms with Crippen LogP contribution in [0.15, 0.2) is 24.3 Å². The Labute approximate surface area is 122 Å². The molecule has 0 aliphatic heterocycles. The average molecular weight is 293 g/mol. The van der Waals surface area contributed by atoms with Gasteiger partial charge in [-0.15, -0.1) is 0 Å². The number of anilines is 2. The van der Waals surface area contributed by atoms with Gasteiger partial charge in [0.2, 0.25) is 5.91 Å². The van der Waals surface area contributed by atoms with Gasteiger partial charge in [-0.3, -0.25) is 4.79 Å². The molecule has 0 radical (unpaired) electrons. The van der Waals surface area contributed by atoms with Gasteiger partial charge in [0.05, 0.1) is 0 Å². The first kappa shape index (κ1) is 16.5. The van der Waals surface area contributed by atoms with E-state index in [-0.39, 0.29) is 5.91 Å². The van der Waals surface area contributed by atoms with E-state index in [0.29, 0.717) is 17.8 Å². The van der Waals surface area contributed by atoms with E-state index in [1.54, 1.807) is 31.2 Å². The number of hydrogen-bond acceptors (Lipinski definition) is 3. The van der Waals surface area contributed by atoms with E-state index in [1.165, 1.54) is 14.0 Å². The van der Waals surface area contributed by atoms with E-state index in [0.717, 1.165) is 4.90 Å². The maximum Gasteiger partial charge on any atom is 0.326 e. The van der Waals surface area contributed by atoms with Gasteiger partial charge in [0.15, 0.2) is 0 Å². The lowest BCUT2D eigenvalue weighted by Crippen LogP contribution is -2.44. The van der Waals surface area contributed by atoms with Crippen LogP contribution in [0.3, 0.4) is 0 Å². The molecule has 21 heavy (non-hydrogen) atoms. The van der Waals surface area contributed by atoms with Gasteiger partial charge < -0.3 is 20.6 Å². The predicted molar refractivity (Wildman–Crippen MR) is 79.2 cm³/mol. The van der Waals surface area contributed by atoms with Crippen LogP contribution in [-0.2, 0) is 9.59 Å². The van der Waals surface area contributed by atoms with Crippen molar-refractivity contribution < 1.29 is 19.5 Å². The van der Waals surface area contributed by atoms with E-state index < -0.39 is 18.0 Å². The van der Waals surface area contributed by atoms with E-state index in [9.17, 15) is 14.4 Å². The Morgan fingerprint density at radius 2 is 1.62 bits per heavy atom. The fraction of sp³-hybridized carbons (Fsp3) is 0.357. The number of hydrogen-bond donors (Lipinski definition) is 3. The summed E-state index contributed by atoms with van der Waals surface area (Å²) >= 11 is 0. The Morgan fingerprint density at radius 1 is 1.14 bits per heavy atom. The molecule has 0 aliphatic carbocycles. The summed E-state index contributed by atoms with van der Waals surface area (Å²) in [5.41, 5.74) is 1.13. The van der Waals surface area contributed by atoms with Gasteiger partial charge in [0.1, 0.15) is 6.04 Å². The zero-order chi connectivity index (χ0) is 16.0. The van der Waals surface area contributed by atoms with Gasteiger partial charge in [-0.1, -0.05) is 6.92 Å². The minimum atomic E-state index is -1.05. The highest BCUT2D eigenvalue weighted by atomic mass is 16.4. The first-order valence-corrected chi connectivity index (χ1v) is 6.49. The number of nitrogens with one attached hydrogen (secondary N) is 2. The molecule has 0 saturated carbocycles. The normalized spacial score (nSPS) is 11.4. The minimum absolute atomic E-state index is 0.182. The molecule has 3 N–H and O–H groups in total. The third-order valence-electron chi connectivity index (χ3n) is 2.92. The lowest BCUT2D eigenvalue weighted by Gasteiger charge is -2.24. The summed E-state index contributed by atoms with van der Waals surface area (Å²) in [6.45, 7) is 3.10. The van der Waals surface area contributed by atoms with E-state index in [4.69, 9.17) is 5.11 Å². The van der Waals surface area contributed by atoms with Crippen molar-refractivity contribution in [1.82, 2.24) is 4.90 Å². The summed E-state index contributed by atoms with van der Waals surface area (Å²) in [6, 6.07) is 5.16. The summed E-state index contributed by atoms with van der Waals surface area (Å²) in [7, 11) is 1.43. The standard InChI is InChI=1S/C14H19N3O4/c1-4-12(13(19)20)17(3)14(21)16-11-7-5-10(6-8-11)15-9(2)18/h5-8,12H,4H2,1-3H3,(H,15,18)(H,16,21)(H,19,20). The van der Waals surface area contributed by atoms with Gasteiger partial charge in [-0.2, -0.15) is 0 Å². The van der Waals surface area contributed by atoms with Crippen LogP contribution in [0.1, 0.15) is 20.3 Å². The zero-order valence-electron chi connectivity index (χ0n) is 12.2. The first-order chi connectivity index (χ1) is 9.85. The van der Waals surface area contributed by atoms with Crippen LogP contribution in [0.4, 0.5) is 16.2 Å². The average Bonchev–Trinajstić information content (AvgIpc) is 2.40. The summed E-state index contributed by atoms with van der Waals surface area (Å²) in [5.74, 6) is -1.23. The maximum absolute atomic E-state index is 12.0. The second kappa shape index (κ2) is 7.28. The molecule has 1 aromatic carbocycles. The summed E-state index contributed by atoms with van der Waals surface area (Å²) in [5, 5.41) is 14.2. The van der Waals surface area contributed by atoms with Crippen molar-refractivity contribution in [2.75, 3.05) is 17.7 Å². The predicted octanol–water partition coefficient (Wildman–Crippen LogP) is 1.97. The number of rotatable bonds is 5. The van der Waals surface area contributed by atoms with Gasteiger partial charge in [-0.25, -0.2) is 9.59 Å². The van der Waals surface area contributed by atoms with Gasteiger partial charge >= 0.3 is 12.0 Å². The molecule has 1 aromatic rings. The Hall–Kier alpha value is -2.57. The number of likely N-dealkylation sites (N-methyl/N-ethyl adjacent to an activating group) is 1. The van der Waals surface area contributed by atoms with Gasteiger partial charge in [-0.05, 0) is 30.7 Å². The van der Waals surface area contributed by atoms with Crippen LogP contribution >= 0.6 is 0 Å². The third kappa shape index (κ3) is 4.79. The molecule has 3 amide bonds. The van der Waals surface area contributed by atoms with E-state index in [2.05, 4.69) is 10.6 Å².